The summed E-state index contributed by atoms with van der Waals surface area (Å²) in [5.74, 6) is -0.450. The summed E-state index contributed by atoms with van der Waals surface area (Å²) in [6.45, 7) is 0.743. The first-order valence-electron chi connectivity index (χ1n) is 6.08. The lowest BCUT2D eigenvalue weighted by atomic mass is 10.2. The monoisotopic (exact) mass is 271 g/mol. The molecule has 102 valence electrons. The Morgan fingerprint density at radius 3 is 2.90 bits per heavy atom. The van der Waals surface area contributed by atoms with Gasteiger partial charge >= 0.3 is 6.09 Å². The van der Waals surface area contributed by atoms with E-state index in [2.05, 4.69) is 5.32 Å². The first-order valence-corrected chi connectivity index (χ1v) is 6.08. The number of carbonyl (C=O) groups is 2. The number of hydrogen-bond donors (Lipinski definition) is 1. The van der Waals surface area contributed by atoms with Crippen molar-refractivity contribution >= 4 is 12.0 Å². The van der Waals surface area contributed by atoms with Crippen LogP contribution in [0.1, 0.15) is 5.56 Å². The van der Waals surface area contributed by atoms with Crippen LogP contribution >= 0.6 is 0 Å². The fraction of sp³-hybridized carbons (Fsp3) is 0.214. The second-order valence-corrected chi connectivity index (χ2v) is 4.11. The molecule has 0 atom stereocenters. The number of carbonyl (C=O) groups excluding carboxylic acids is 2. The van der Waals surface area contributed by atoms with E-state index < -0.39 is 12.0 Å². The number of ether oxygens (including phenoxy) is 1. The highest BCUT2D eigenvalue weighted by atomic mass is 16.6. The lowest BCUT2D eigenvalue weighted by Crippen LogP contribution is -2.48. The van der Waals surface area contributed by atoms with Crippen LogP contribution in [0.25, 0.3) is 0 Å². The largest absolute Gasteiger partial charge is 0.444 e. The van der Waals surface area contributed by atoms with E-state index in [-0.39, 0.29) is 18.8 Å². The van der Waals surface area contributed by atoms with Gasteiger partial charge in [-0.3, -0.25) is 9.69 Å². The first-order chi connectivity index (χ1) is 9.72. The van der Waals surface area contributed by atoms with E-state index in [0.29, 0.717) is 6.54 Å². The maximum Gasteiger partial charge on any atom is 0.414 e. The van der Waals surface area contributed by atoms with Crippen molar-refractivity contribution in [2.45, 2.75) is 6.61 Å². The van der Waals surface area contributed by atoms with E-state index in [1.807, 2.05) is 30.3 Å². The van der Waals surface area contributed by atoms with Gasteiger partial charge in [0.1, 0.15) is 12.3 Å². The molecule has 0 unspecified atom stereocenters. The SMILES string of the molecule is N#CC=C1C(=O)NCCN1C(=O)OCc1ccccc1. The molecular formula is C14H13N3O3. The van der Waals surface area contributed by atoms with Gasteiger partial charge in [-0.1, -0.05) is 30.3 Å². The number of amides is 2. The second kappa shape index (κ2) is 6.38. The van der Waals surface area contributed by atoms with Crippen LogP contribution < -0.4 is 5.32 Å². The number of hydrogen-bond acceptors (Lipinski definition) is 4. The molecule has 0 radical (unpaired) electrons. The summed E-state index contributed by atoms with van der Waals surface area (Å²) in [6.07, 6.45) is 0.406. The molecule has 2 rings (SSSR count). The van der Waals surface area contributed by atoms with Gasteiger partial charge in [0.2, 0.25) is 0 Å². The Hall–Kier alpha value is -2.81. The fourth-order valence-corrected chi connectivity index (χ4v) is 1.81. The molecule has 1 N–H and O–H groups in total. The van der Waals surface area contributed by atoms with Gasteiger partial charge in [-0.15, -0.1) is 0 Å². The molecule has 6 nitrogen and oxygen atoms in total. The molecule has 1 saturated heterocycles. The minimum Gasteiger partial charge on any atom is -0.444 e. The standard InChI is InChI=1S/C14H13N3O3/c15-7-6-12-13(18)16-8-9-17(12)14(19)20-10-11-4-2-1-3-5-11/h1-6H,8-10H2,(H,16,18). The molecule has 1 aliphatic heterocycles. The van der Waals surface area contributed by atoms with E-state index in [1.54, 1.807) is 6.07 Å². The van der Waals surface area contributed by atoms with Crippen molar-refractivity contribution in [3.8, 4) is 6.07 Å². The molecule has 1 aromatic carbocycles. The van der Waals surface area contributed by atoms with Gasteiger partial charge in [0.25, 0.3) is 5.91 Å². The van der Waals surface area contributed by atoms with Crippen LogP contribution in [-0.2, 0) is 16.1 Å². The molecule has 20 heavy (non-hydrogen) atoms. The lowest BCUT2D eigenvalue weighted by molar-refractivity contribution is -0.120. The van der Waals surface area contributed by atoms with Crippen molar-refractivity contribution in [2.24, 2.45) is 0 Å². The number of benzene rings is 1. The van der Waals surface area contributed by atoms with Gasteiger partial charge in [-0.05, 0) is 5.56 Å². The Balaban J connectivity index is 2.02. The number of piperazine rings is 1. The Morgan fingerprint density at radius 2 is 2.20 bits per heavy atom. The van der Waals surface area contributed by atoms with Gasteiger partial charge in [-0.25, -0.2) is 4.79 Å². The van der Waals surface area contributed by atoms with E-state index in [9.17, 15) is 9.59 Å². The summed E-state index contributed by atoms with van der Waals surface area (Å²) in [5.41, 5.74) is 0.866. The van der Waals surface area contributed by atoms with Gasteiger partial charge in [0.05, 0.1) is 6.07 Å². The molecule has 0 saturated carbocycles. The summed E-state index contributed by atoms with van der Waals surface area (Å²) in [6, 6.07) is 11.0. The molecule has 0 aliphatic carbocycles. The van der Waals surface area contributed by atoms with Crippen LogP contribution in [0, 0.1) is 11.3 Å². The second-order valence-electron chi connectivity index (χ2n) is 4.11. The molecule has 2 amide bonds. The molecule has 6 heteroatoms. The van der Waals surface area contributed by atoms with E-state index >= 15 is 0 Å². The first kappa shape index (κ1) is 13.6. The molecule has 0 spiro atoms. The van der Waals surface area contributed by atoms with Crippen molar-refractivity contribution in [3.05, 3.63) is 47.7 Å². The average molecular weight is 271 g/mol. The summed E-state index contributed by atoms with van der Waals surface area (Å²) in [7, 11) is 0. The summed E-state index contributed by atoms with van der Waals surface area (Å²) < 4.78 is 5.15. The van der Waals surface area contributed by atoms with Crippen LogP contribution in [0.4, 0.5) is 4.79 Å². The average Bonchev–Trinajstić information content (AvgIpc) is 2.48. The van der Waals surface area contributed by atoms with Crippen LogP contribution in [0.5, 0.6) is 0 Å². The summed E-state index contributed by atoms with van der Waals surface area (Å²) in [4.78, 5) is 24.7. The highest BCUT2D eigenvalue weighted by Crippen LogP contribution is 2.12. The summed E-state index contributed by atoms with van der Waals surface area (Å²) in [5, 5.41) is 11.2. The van der Waals surface area contributed by atoms with Crippen molar-refractivity contribution in [2.75, 3.05) is 13.1 Å². The van der Waals surface area contributed by atoms with Gasteiger partial charge < -0.3 is 10.1 Å². The summed E-state index contributed by atoms with van der Waals surface area (Å²) >= 11 is 0. The third kappa shape index (κ3) is 3.14. The van der Waals surface area contributed by atoms with Crippen molar-refractivity contribution in [1.82, 2.24) is 10.2 Å². The molecule has 1 heterocycles. The minimum atomic E-state index is -0.634. The number of nitrogens with one attached hydrogen (secondary N) is 1. The Kier molecular flexibility index (Phi) is 4.35. The van der Waals surface area contributed by atoms with Crippen LogP contribution in [0.3, 0.4) is 0 Å². The Morgan fingerprint density at radius 1 is 1.45 bits per heavy atom. The van der Waals surface area contributed by atoms with E-state index in [1.165, 1.54) is 4.90 Å². The Bertz CT molecular complexity index is 575. The van der Waals surface area contributed by atoms with Gasteiger partial charge in [0, 0.05) is 19.2 Å². The molecule has 0 aromatic heterocycles. The molecule has 0 bridgehead atoms. The van der Waals surface area contributed by atoms with Crippen molar-refractivity contribution in [1.29, 1.82) is 5.26 Å². The predicted molar refractivity (Wildman–Crippen MR) is 70.0 cm³/mol. The smallest absolute Gasteiger partial charge is 0.414 e. The third-order valence-corrected chi connectivity index (χ3v) is 2.77. The number of allylic oxidation sites excluding steroid dienone is 1. The highest BCUT2D eigenvalue weighted by Gasteiger charge is 2.28. The van der Waals surface area contributed by atoms with Gasteiger partial charge in [-0.2, -0.15) is 5.26 Å². The zero-order valence-electron chi connectivity index (χ0n) is 10.7. The molecular weight excluding hydrogens is 258 g/mol. The molecule has 1 aliphatic rings. The number of nitriles is 1. The number of nitrogens with zero attached hydrogens (tertiary/aromatic N) is 2. The third-order valence-electron chi connectivity index (χ3n) is 2.77. The van der Waals surface area contributed by atoms with Crippen LogP contribution in [0.2, 0.25) is 0 Å². The van der Waals surface area contributed by atoms with E-state index in [4.69, 9.17) is 10.00 Å². The maximum absolute atomic E-state index is 12.0. The number of rotatable bonds is 2. The Labute approximate surface area is 116 Å². The van der Waals surface area contributed by atoms with Gasteiger partial charge in [0.15, 0.2) is 0 Å². The van der Waals surface area contributed by atoms with Crippen molar-refractivity contribution in [3.63, 3.8) is 0 Å². The van der Waals surface area contributed by atoms with Crippen molar-refractivity contribution < 1.29 is 14.3 Å². The topological polar surface area (TPSA) is 82.4 Å². The normalized spacial score (nSPS) is 16.4. The molecule has 1 aromatic rings. The lowest BCUT2D eigenvalue weighted by Gasteiger charge is -2.27. The van der Waals surface area contributed by atoms with E-state index in [0.717, 1.165) is 11.6 Å². The zero-order valence-corrected chi connectivity index (χ0v) is 10.7. The minimum absolute atomic E-state index is 0.0109. The maximum atomic E-state index is 12.0. The van der Waals surface area contributed by atoms with Crippen LogP contribution in [-0.4, -0.2) is 30.0 Å². The molecule has 1 fully saturated rings. The zero-order chi connectivity index (χ0) is 14.4. The quantitative estimate of drug-likeness (QED) is 0.646. The highest BCUT2D eigenvalue weighted by molar-refractivity contribution is 5.97. The predicted octanol–water partition coefficient (Wildman–Crippen LogP) is 1.16. The van der Waals surface area contributed by atoms with Crippen LogP contribution in [0.15, 0.2) is 42.1 Å². The fourth-order valence-electron chi connectivity index (χ4n) is 1.81.